The SMILES string of the molecule is CC1CCN(c2ccccc2/N=C2\CCCCN2)CC1. The molecule has 0 radical (unpaired) electrons. The average Bonchev–Trinajstić information content (AvgIpc) is 2.50. The number of hydrogen-bond acceptors (Lipinski definition) is 2. The molecule has 0 saturated carbocycles. The highest BCUT2D eigenvalue weighted by Gasteiger charge is 2.18. The van der Waals surface area contributed by atoms with Crippen molar-refractivity contribution in [2.45, 2.75) is 39.0 Å². The van der Waals surface area contributed by atoms with Gasteiger partial charge >= 0.3 is 0 Å². The van der Waals surface area contributed by atoms with E-state index in [0.29, 0.717) is 0 Å². The summed E-state index contributed by atoms with van der Waals surface area (Å²) in [6, 6.07) is 8.60. The summed E-state index contributed by atoms with van der Waals surface area (Å²) >= 11 is 0. The number of para-hydroxylation sites is 2. The van der Waals surface area contributed by atoms with Crippen LogP contribution in [0.2, 0.25) is 0 Å². The summed E-state index contributed by atoms with van der Waals surface area (Å²) in [6.07, 6.45) is 6.21. The first-order valence-electron chi connectivity index (χ1n) is 7.98. The molecule has 0 aromatic heterocycles. The Labute approximate surface area is 122 Å². The van der Waals surface area contributed by atoms with Crippen LogP contribution in [-0.4, -0.2) is 25.5 Å². The van der Waals surface area contributed by atoms with Crippen LogP contribution in [0, 0.1) is 5.92 Å². The van der Waals surface area contributed by atoms with Crippen LogP contribution in [0.5, 0.6) is 0 Å². The highest BCUT2D eigenvalue weighted by molar-refractivity contribution is 5.87. The first-order chi connectivity index (χ1) is 9.83. The highest BCUT2D eigenvalue weighted by atomic mass is 15.1. The summed E-state index contributed by atoms with van der Waals surface area (Å²) in [5, 5.41) is 3.44. The molecule has 0 bridgehead atoms. The smallest absolute Gasteiger partial charge is 0.102 e. The molecule has 2 saturated heterocycles. The summed E-state index contributed by atoms with van der Waals surface area (Å²) in [5.74, 6) is 2.03. The van der Waals surface area contributed by atoms with E-state index in [2.05, 4.69) is 41.4 Å². The third-order valence-electron chi connectivity index (χ3n) is 4.43. The third-order valence-corrected chi connectivity index (χ3v) is 4.43. The van der Waals surface area contributed by atoms with Gasteiger partial charge < -0.3 is 10.2 Å². The average molecular weight is 271 g/mol. The zero-order chi connectivity index (χ0) is 13.8. The first kappa shape index (κ1) is 13.5. The molecule has 1 N–H and O–H groups in total. The molecule has 3 heteroatoms. The lowest BCUT2D eigenvalue weighted by Gasteiger charge is -2.33. The van der Waals surface area contributed by atoms with Crippen LogP contribution in [0.4, 0.5) is 11.4 Å². The number of hydrogen-bond donors (Lipinski definition) is 1. The zero-order valence-corrected chi connectivity index (χ0v) is 12.4. The van der Waals surface area contributed by atoms with E-state index in [-0.39, 0.29) is 0 Å². The second-order valence-electron chi connectivity index (χ2n) is 6.10. The number of anilines is 1. The Morgan fingerprint density at radius 1 is 1.15 bits per heavy atom. The van der Waals surface area contributed by atoms with Gasteiger partial charge in [-0.1, -0.05) is 19.1 Å². The maximum absolute atomic E-state index is 4.88. The molecule has 0 unspecified atom stereocenters. The minimum atomic E-state index is 0.865. The highest BCUT2D eigenvalue weighted by Crippen LogP contribution is 2.32. The summed E-state index contributed by atoms with van der Waals surface area (Å²) in [6.45, 7) is 5.75. The standard InChI is InChI=1S/C17H25N3/c1-14-9-12-20(13-10-14)16-7-3-2-6-15(16)19-17-8-4-5-11-18-17/h2-3,6-7,14H,4-5,8-13H2,1H3,(H,18,19). The number of aliphatic imine (C=N–C) groups is 1. The van der Waals surface area contributed by atoms with Gasteiger partial charge in [0.2, 0.25) is 0 Å². The predicted octanol–water partition coefficient (Wildman–Crippen LogP) is 3.73. The molecule has 2 fully saturated rings. The van der Waals surface area contributed by atoms with E-state index in [0.717, 1.165) is 43.5 Å². The lowest BCUT2D eigenvalue weighted by molar-refractivity contribution is 0.438. The van der Waals surface area contributed by atoms with Gasteiger partial charge in [-0.25, -0.2) is 4.99 Å². The van der Waals surface area contributed by atoms with Gasteiger partial charge in [0.05, 0.1) is 11.4 Å². The number of rotatable bonds is 2. The van der Waals surface area contributed by atoms with Crippen LogP contribution < -0.4 is 10.2 Å². The topological polar surface area (TPSA) is 27.6 Å². The molecule has 1 aromatic rings. The summed E-state index contributed by atoms with van der Waals surface area (Å²) < 4.78 is 0. The van der Waals surface area contributed by atoms with Crippen molar-refractivity contribution in [3.05, 3.63) is 24.3 Å². The largest absolute Gasteiger partial charge is 0.374 e. The van der Waals surface area contributed by atoms with Gasteiger partial charge in [0.1, 0.15) is 5.84 Å². The van der Waals surface area contributed by atoms with Crippen molar-refractivity contribution in [3.8, 4) is 0 Å². The van der Waals surface area contributed by atoms with E-state index < -0.39 is 0 Å². The Morgan fingerprint density at radius 2 is 1.95 bits per heavy atom. The fraction of sp³-hybridized carbons (Fsp3) is 0.588. The molecular weight excluding hydrogens is 246 g/mol. The zero-order valence-electron chi connectivity index (χ0n) is 12.4. The fourth-order valence-corrected chi connectivity index (χ4v) is 3.05. The number of amidine groups is 1. The Hall–Kier alpha value is -1.51. The van der Waals surface area contributed by atoms with Gasteiger partial charge in [0, 0.05) is 26.1 Å². The maximum atomic E-state index is 4.88. The van der Waals surface area contributed by atoms with Crippen LogP contribution in [0.1, 0.15) is 39.0 Å². The Morgan fingerprint density at radius 3 is 2.70 bits per heavy atom. The molecule has 2 heterocycles. The molecule has 3 rings (SSSR count). The lowest BCUT2D eigenvalue weighted by atomic mass is 9.98. The molecule has 1 aromatic carbocycles. The minimum Gasteiger partial charge on any atom is -0.374 e. The monoisotopic (exact) mass is 271 g/mol. The quantitative estimate of drug-likeness (QED) is 0.887. The lowest BCUT2D eigenvalue weighted by Crippen LogP contribution is -2.33. The van der Waals surface area contributed by atoms with E-state index in [4.69, 9.17) is 4.99 Å². The minimum absolute atomic E-state index is 0.865. The van der Waals surface area contributed by atoms with Crippen molar-refractivity contribution < 1.29 is 0 Å². The van der Waals surface area contributed by atoms with Crippen molar-refractivity contribution in [1.29, 1.82) is 0 Å². The molecule has 2 aliphatic heterocycles. The van der Waals surface area contributed by atoms with Gasteiger partial charge in [-0.3, -0.25) is 0 Å². The molecule has 0 atom stereocenters. The molecule has 2 aliphatic rings. The molecule has 0 amide bonds. The summed E-state index contributed by atoms with van der Waals surface area (Å²) in [4.78, 5) is 7.38. The van der Waals surface area contributed by atoms with Crippen LogP contribution >= 0.6 is 0 Å². The van der Waals surface area contributed by atoms with Gasteiger partial charge in [-0.05, 0) is 43.7 Å². The molecule has 108 valence electrons. The maximum Gasteiger partial charge on any atom is 0.102 e. The van der Waals surface area contributed by atoms with Crippen molar-refractivity contribution in [2.75, 3.05) is 24.5 Å². The second kappa shape index (κ2) is 6.29. The van der Waals surface area contributed by atoms with Crippen molar-refractivity contribution in [2.24, 2.45) is 10.9 Å². The molecule has 3 nitrogen and oxygen atoms in total. The van der Waals surface area contributed by atoms with Crippen LogP contribution in [0.15, 0.2) is 29.3 Å². The number of nitrogens with one attached hydrogen (secondary N) is 1. The van der Waals surface area contributed by atoms with Gasteiger partial charge in [-0.2, -0.15) is 0 Å². The summed E-state index contributed by atoms with van der Waals surface area (Å²) in [5.41, 5.74) is 2.44. The van der Waals surface area contributed by atoms with Crippen molar-refractivity contribution in [3.63, 3.8) is 0 Å². The van der Waals surface area contributed by atoms with Crippen LogP contribution in [0.25, 0.3) is 0 Å². The third kappa shape index (κ3) is 3.14. The van der Waals surface area contributed by atoms with E-state index in [1.54, 1.807) is 0 Å². The normalized spacial score (nSPS) is 22.9. The molecular formula is C17H25N3. The second-order valence-corrected chi connectivity index (χ2v) is 6.10. The number of piperidine rings is 2. The van der Waals surface area contributed by atoms with Crippen LogP contribution in [0.3, 0.4) is 0 Å². The van der Waals surface area contributed by atoms with E-state index in [9.17, 15) is 0 Å². The van der Waals surface area contributed by atoms with E-state index >= 15 is 0 Å². The van der Waals surface area contributed by atoms with Gasteiger partial charge in [-0.15, -0.1) is 0 Å². The predicted molar refractivity (Wildman–Crippen MR) is 86.0 cm³/mol. The molecule has 20 heavy (non-hydrogen) atoms. The number of benzene rings is 1. The van der Waals surface area contributed by atoms with Crippen molar-refractivity contribution >= 4 is 17.2 Å². The summed E-state index contributed by atoms with van der Waals surface area (Å²) in [7, 11) is 0. The van der Waals surface area contributed by atoms with E-state index in [1.807, 2.05) is 0 Å². The van der Waals surface area contributed by atoms with Gasteiger partial charge in [0.25, 0.3) is 0 Å². The Kier molecular flexibility index (Phi) is 4.24. The van der Waals surface area contributed by atoms with Crippen LogP contribution in [-0.2, 0) is 0 Å². The van der Waals surface area contributed by atoms with E-state index in [1.165, 1.54) is 31.4 Å². The fourth-order valence-electron chi connectivity index (χ4n) is 3.05. The Balaban J connectivity index is 1.80. The number of nitrogens with zero attached hydrogens (tertiary/aromatic N) is 2. The Bertz CT molecular complexity index is 465. The van der Waals surface area contributed by atoms with Crippen molar-refractivity contribution in [1.82, 2.24) is 5.32 Å². The molecule has 0 aliphatic carbocycles. The van der Waals surface area contributed by atoms with Gasteiger partial charge in [0.15, 0.2) is 0 Å². The first-order valence-corrected chi connectivity index (χ1v) is 7.98. The molecule has 0 spiro atoms.